The lowest BCUT2D eigenvalue weighted by Crippen LogP contribution is -2.35. The Morgan fingerprint density at radius 3 is 1.92 bits per heavy atom. The van der Waals surface area contributed by atoms with Gasteiger partial charge in [0.15, 0.2) is 0 Å². The molecular weight excluding hydrogens is 448 g/mol. The van der Waals surface area contributed by atoms with Gasteiger partial charge in [-0.2, -0.15) is 0 Å². The van der Waals surface area contributed by atoms with Crippen LogP contribution in [0.15, 0.2) is 103 Å². The van der Waals surface area contributed by atoms with Gasteiger partial charge in [-0.1, -0.05) is 144 Å². The fourth-order valence-electron chi connectivity index (χ4n) is 5.86. The molecule has 2 heteroatoms. The van der Waals surface area contributed by atoms with Crippen LogP contribution in [0.4, 0.5) is 0 Å². The lowest BCUT2D eigenvalue weighted by Gasteiger charge is -2.39. The second-order valence-electron chi connectivity index (χ2n) is 10.8. The van der Waals surface area contributed by atoms with E-state index in [9.17, 15) is 0 Å². The first-order valence-electron chi connectivity index (χ1n) is 14.4. The van der Waals surface area contributed by atoms with Gasteiger partial charge in [-0.15, -0.1) is 0 Å². The molecule has 0 N–H and O–H groups in total. The molecule has 2 unspecified atom stereocenters. The number of hydrogen-bond acceptors (Lipinski definition) is 1. The topological polar surface area (TPSA) is 17.8 Å². The summed E-state index contributed by atoms with van der Waals surface area (Å²) < 4.78 is 2.32. The summed E-state index contributed by atoms with van der Waals surface area (Å²) in [7, 11) is 0. The zero-order valence-corrected chi connectivity index (χ0v) is 22.9. The number of nitrogens with zero attached hydrogens (tertiary/aromatic N) is 2. The minimum atomic E-state index is -0.0817. The molecule has 0 bridgehead atoms. The van der Waals surface area contributed by atoms with Gasteiger partial charge >= 0.3 is 0 Å². The lowest BCUT2D eigenvalue weighted by atomic mass is 9.66. The maximum Gasteiger partial charge on any atom is 0.117 e. The Labute approximate surface area is 224 Å². The quantitative estimate of drug-likeness (QED) is 0.151. The summed E-state index contributed by atoms with van der Waals surface area (Å²) in [6.07, 6.45) is 16.9. The fourth-order valence-corrected chi connectivity index (χ4v) is 5.86. The maximum atomic E-state index is 5.04. The Hall–Kier alpha value is -3.13. The Morgan fingerprint density at radius 1 is 0.703 bits per heavy atom. The molecule has 1 heterocycles. The first kappa shape index (κ1) is 26.9. The Balaban J connectivity index is 1.65. The summed E-state index contributed by atoms with van der Waals surface area (Å²) >= 11 is 0. The average Bonchev–Trinajstić information content (AvgIpc) is 3.43. The number of aromatic nitrogens is 2. The molecule has 0 aliphatic carbocycles. The van der Waals surface area contributed by atoms with E-state index in [0.717, 1.165) is 12.8 Å². The molecule has 37 heavy (non-hydrogen) atoms. The molecule has 4 aromatic rings. The molecule has 0 aliphatic heterocycles. The van der Waals surface area contributed by atoms with Crippen molar-refractivity contribution < 1.29 is 0 Å². The normalized spacial score (nSPS) is 13.8. The van der Waals surface area contributed by atoms with Gasteiger partial charge in [0.2, 0.25) is 0 Å². The van der Waals surface area contributed by atoms with E-state index < -0.39 is 0 Å². The van der Waals surface area contributed by atoms with Crippen LogP contribution in [-0.2, 0) is 11.8 Å². The van der Waals surface area contributed by atoms with Gasteiger partial charge < -0.3 is 4.57 Å². The third-order valence-corrected chi connectivity index (χ3v) is 7.98. The standard InChI is InChI=1S/C35H44N2/c1-3-4-5-6-7-8-9-19-26-33(34-36-27-28-37(34)32-24-17-12-18-25-32)35(2,31-22-15-11-16-23-31)29-30-20-13-10-14-21-30/h10-18,20-25,27-28,33H,3-9,19,26,29H2,1-2H3. The Morgan fingerprint density at radius 2 is 1.27 bits per heavy atom. The number of benzene rings is 3. The second kappa shape index (κ2) is 14.0. The van der Waals surface area contributed by atoms with Crippen molar-refractivity contribution in [3.63, 3.8) is 0 Å². The van der Waals surface area contributed by atoms with Crippen molar-refractivity contribution >= 4 is 0 Å². The number of hydrogen-bond donors (Lipinski definition) is 0. The summed E-state index contributed by atoms with van der Waals surface area (Å²) in [5, 5.41) is 0. The van der Waals surface area contributed by atoms with Crippen molar-refractivity contribution in [2.45, 2.75) is 89.4 Å². The van der Waals surface area contributed by atoms with E-state index >= 15 is 0 Å². The molecule has 0 spiro atoms. The Kier molecular flexibility index (Phi) is 10.2. The summed E-state index contributed by atoms with van der Waals surface area (Å²) in [6.45, 7) is 4.76. The van der Waals surface area contributed by atoms with Crippen LogP contribution in [-0.4, -0.2) is 9.55 Å². The fraction of sp³-hybridized carbons (Fsp3) is 0.400. The zero-order chi connectivity index (χ0) is 25.8. The highest BCUT2D eigenvalue weighted by Crippen LogP contribution is 2.44. The van der Waals surface area contributed by atoms with Crippen LogP contribution in [0, 0.1) is 0 Å². The van der Waals surface area contributed by atoms with E-state index in [0.29, 0.717) is 5.92 Å². The number of imidazole rings is 1. The van der Waals surface area contributed by atoms with Gasteiger partial charge in [-0.25, -0.2) is 4.98 Å². The van der Waals surface area contributed by atoms with Gasteiger partial charge in [0.05, 0.1) is 0 Å². The summed E-state index contributed by atoms with van der Waals surface area (Å²) in [5.74, 6) is 1.47. The lowest BCUT2D eigenvalue weighted by molar-refractivity contribution is 0.328. The van der Waals surface area contributed by atoms with Crippen LogP contribution in [0.5, 0.6) is 0 Å². The van der Waals surface area contributed by atoms with E-state index in [1.807, 2.05) is 6.20 Å². The largest absolute Gasteiger partial charge is 0.304 e. The first-order chi connectivity index (χ1) is 18.2. The highest BCUT2D eigenvalue weighted by atomic mass is 15.1. The van der Waals surface area contributed by atoms with Gasteiger partial charge in [-0.05, 0) is 36.1 Å². The van der Waals surface area contributed by atoms with Crippen LogP contribution in [0.1, 0.15) is 94.5 Å². The molecule has 2 atom stereocenters. The molecule has 0 saturated heterocycles. The maximum absolute atomic E-state index is 5.04. The minimum Gasteiger partial charge on any atom is -0.304 e. The molecule has 2 nitrogen and oxygen atoms in total. The number of para-hydroxylation sites is 1. The molecular formula is C35H44N2. The molecule has 4 rings (SSSR count). The van der Waals surface area contributed by atoms with E-state index in [4.69, 9.17) is 4.98 Å². The highest BCUT2D eigenvalue weighted by Gasteiger charge is 2.39. The van der Waals surface area contributed by atoms with Crippen LogP contribution < -0.4 is 0 Å². The molecule has 0 aliphatic rings. The molecule has 0 saturated carbocycles. The zero-order valence-electron chi connectivity index (χ0n) is 22.9. The first-order valence-corrected chi connectivity index (χ1v) is 14.4. The molecule has 0 amide bonds. The van der Waals surface area contributed by atoms with Crippen LogP contribution in [0.2, 0.25) is 0 Å². The van der Waals surface area contributed by atoms with Gasteiger partial charge in [-0.3, -0.25) is 0 Å². The average molecular weight is 493 g/mol. The van der Waals surface area contributed by atoms with Crippen LogP contribution >= 0.6 is 0 Å². The van der Waals surface area contributed by atoms with Gasteiger partial charge in [0.25, 0.3) is 0 Å². The molecule has 194 valence electrons. The van der Waals surface area contributed by atoms with Crippen molar-refractivity contribution in [1.29, 1.82) is 0 Å². The second-order valence-corrected chi connectivity index (χ2v) is 10.8. The number of rotatable bonds is 15. The predicted molar refractivity (Wildman–Crippen MR) is 157 cm³/mol. The smallest absolute Gasteiger partial charge is 0.117 e. The highest BCUT2D eigenvalue weighted by molar-refractivity contribution is 5.37. The number of unbranched alkanes of at least 4 members (excludes halogenated alkanes) is 7. The van der Waals surface area contributed by atoms with E-state index in [1.165, 1.54) is 74.0 Å². The van der Waals surface area contributed by atoms with Crippen LogP contribution in [0.3, 0.4) is 0 Å². The van der Waals surface area contributed by atoms with E-state index in [2.05, 4.69) is 116 Å². The summed E-state index contributed by atoms with van der Waals surface area (Å²) in [5.41, 5.74) is 3.88. The van der Waals surface area contributed by atoms with E-state index in [-0.39, 0.29) is 5.41 Å². The van der Waals surface area contributed by atoms with Gasteiger partial charge in [0, 0.05) is 29.4 Å². The SMILES string of the molecule is CCCCCCCCCCC(c1nccn1-c1ccccc1)C(C)(Cc1ccccc1)c1ccccc1. The summed E-state index contributed by atoms with van der Waals surface area (Å²) in [6, 6.07) is 32.8. The van der Waals surface area contributed by atoms with E-state index in [1.54, 1.807) is 0 Å². The van der Waals surface area contributed by atoms with Crippen molar-refractivity contribution in [3.05, 3.63) is 120 Å². The molecule has 0 radical (unpaired) electrons. The third-order valence-electron chi connectivity index (χ3n) is 7.98. The molecule has 1 aromatic heterocycles. The van der Waals surface area contributed by atoms with Crippen molar-refractivity contribution in [2.24, 2.45) is 0 Å². The predicted octanol–water partition coefficient (Wildman–Crippen LogP) is 9.69. The monoisotopic (exact) mass is 492 g/mol. The minimum absolute atomic E-state index is 0.0817. The van der Waals surface area contributed by atoms with Crippen molar-refractivity contribution in [1.82, 2.24) is 9.55 Å². The Bertz CT molecular complexity index is 1150. The van der Waals surface area contributed by atoms with Crippen molar-refractivity contribution in [3.8, 4) is 5.69 Å². The van der Waals surface area contributed by atoms with Crippen LogP contribution in [0.25, 0.3) is 5.69 Å². The van der Waals surface area contributed by atoms with Crippen molar-refractivity contribution in [2.75, 3.05) is 0 Å². The molecule has 3 aromatic carbocycles. The molecule has 0 fully saturated rings. The summed E-state index contributed by atoms with van der Waals surface area (Å²) in [4.78, 5) is 5.04. The van der Waals surface area contributed by atoms with Gasteiger partial charge in [0.1, 0.15) is 5.82 Å². The third kappa shape index (κ3) is 7.22.